The number of guanidine groups is 1. The minimum atomic E-state index is 0. The fraction of sp³-hybridized carbons (Fsp3) is 0.562. The molecule has 20 heavy (non-hydrogen) atoms. The Kier molecular flexibility index (Phi) is 8.85. The molecular weight excluding hydrogens is 361 g/mol. The van der Waals surface area contributed by atoms with E-state index in [1.54, 1.807) is 0 Å². The Hall–Kier alpha value is -0.780. The number of hydrogen-bond acceptors (Lipinski definition) is 1. The predicted molar refractivity (Wildman–Crippen MR) is 99.0 cm³/mol. The molecule has 3 N–H and O–H groups in total. The molecule has 3 nitrogen and oxygen atoms in total. The molecule has 1 aromatic carbocycles. The normalized spacial score (nSPS) is 11.9. The molecule has 0 amide bonds. The average molecular weight is 389 g/mol. The minimum absolute atomic E-state index is 0. The smallest absolute Gasteiger partial charge is 0.188 e. The lowest BCUT2D eigenvalue weighted by Gasteiger charge is -2.19. The van der Waals surface area contributed by atoms with Gasteiger partial charge in [-0.2, -0.15) is 0 Å². The number of aliphatic imine (C=N–C) groups is 1. The third kappa shape index (κ3) is 7.12. The highest BCUT2D eigenvalue weighted by molar-refractivity contribution is 14.0. The molecule has 0 aromatic heterocycles. The van der Waals surface area contributed by atoms with Crippen molar-refractivity contribution in [1.29, 1.82) is 0 Å². The molecule has 0 radical (unpaired) electrons. The SMILES string of the molecule is CCCN=C(N)NCCc1ccc(C(C)(C)C)cc1.I. The van der Waals surface area contributed by atoms with Crippen molar-refractivity contribution in [3.05, 3.63) is 35.4 Å². The number of nitrogens with zero attached hydrogens (tertiary/aromatic N) is 1. The van der Waals surface area contributed by atoms with Crippen molar-refractivity contribution >= 4 is 29.9 Å². The monoisotopic (exact) mass is 389 g/mol. The molecule has 0 aliphatic rings. The molecule has 0 aliphatic heterocycles. The van der Waals surface area contributed by atoms with E-state index in [0.29, 0.717) is 5.96 Å². The zero-order chi connectivity index (χ0) is 14.3. The number of halogens is 1. The van der Waals surface area contributed by atoms with Gasteiger partial charge in [0, 0.05) is 13.1 Å². The molecule has 0 heterocycles. The second kappa shape index (κ2) is 9.21. The highest BCUT2D eigenvalue weighted by Crippen LogP contribution is 2.22. The van der Waals surface area contributed by atoms with E-state index in [2.05, 4.69) is 62.3 Å². The summed E-state index contributed by atoms with van der Waals surface area (Å²) in [7, 11) is 0. The summed E-state index contributed by atoms with van der Waals surface area (Å²) in [5.74, 6) is 0.549. The fourth-order valence-electron chi connectivity index (χ4n) is 1.79. The molecule has 4 heteroatoms. The maximum Gasteiger partial charge on any atom is 0.188 e. The number of nitrogens with two attached hydrogens (primary N) is 1. The van der Waals surface area contributed by atoms with E-state index in [-0.39, 0.29) is 29.4 Å². The van der Waals surface area contributed by atoms with Crippen LogP contribution < -0.4 is 11.1 Å². The van der Waals surface area contributed by atoms with Crippen LogP contribution in [0.1, 0.15) is 45.2 Å². The Morgan fingerprint density at radius 2 is 1.80 bits per heavy atom. The first kappa shape index (κ1) is 19.2. The van der Waals surface area contributed by atoms with Gasteiger partial charge in [0.2, 0.25) is 0 Å². The van der Waals surface area contributed by atoms with Gasteiger partial charge >= 0.3 is 0 Å². The molecule has 114 valence electrons. The zero-order valence-corrected chi connectivity index (χ0v) is 15.4. The molecule has 0 saturated heterocycles. The summed E-state index contributed by atoms with van der Waals surface area (Å²) >= 11 is 0. The topological polar surface area (TPSA) is 50.4 Å². The minimum Gasteiger partial charge on any atom is -0.370 e. The van der Waals surface area contributed by atoms with Gasteiger partial charge in [0.1, 0.15) is 0 Å². The van der Waals surface area contributed by atoms with Crippen molar-refractivity contribution in [2.75, 3.05) is 13.1 Å². The Balaban J connectivity index is 0.00000361. The van der Waals surface area contributed by atoms with Crippen LogP contribution in [0.25, 0.3) is 0 Å². The van der Waals surface area contributed by atoms with E-state index in [9.17, 15) is 0 Å². The summed E-state index contributed by atoms with van der Waals surface area (Å²) in [4.78, 5) is 4.20. The van der Waals surface area contributed by atoms with Crippen LogP contribution in [-0.2, 0) is 11.8 Å². The lowest BCUT2D eigenvalue weighted by Crippen LogP contribution is -2.33. The van der Waals surface area contributed by atoms with E-state index < -0.39 is 0 Å². The molecule has 0 bridgehead atoms. The van der Waals surface area contributed by atoms with Crippen LogP contribution in [0.4, 0.5) is 0 Å². The third-order valence-corrected chi connectivity index (χ3v) is 3.05. The van der Waals surface area contributed by atoms with Crippen LogP contribution in [0.15, 0.2) is 29.3 Å². The van der Waals surface area contributed by atoms with Crippen molar-refractivity contribution in [1.82, 2.24) is 5.32 Å². The molecule has 0 aliphatic carbocycles. The van der Waals surface area contributed by atoms with Crippen molar-refractivity contribution in [3.63, 3.8) is 0 Å². The summed E-state index contributed by atoms with van der Waals surface area (Å²) in [6.07, 6.45) is 1.99. The van der Waals surface area contributed by atoms with E-state index in [1.807, 2.05) is 0 Å². The van der Waals surface area contributed by atoms with Gasteiger partial charge in [-0.15, -0.1) is 24.0 Å². The van der Waals surface area contributed by atoms with Gasteiger partial charge in [0.25, 0.3) is 0 Å². The van der Waals surface area contributed by atoms with Gasteiger partial charge in [-0.25, -0.2) is 0 Å². The van der Waals surface area contributed by atoms with Crippen LogP contribution >= 0.6 is 24.0 Å². The second-order valence-corrected chi connectivity index (χ2v) is 5.89. The summed E-state index contributed by atoms with van der Waals surface area (Å²) in [6.45, 7) is 10.4. The number of nitrogens with one attached hydrogen (secondary N) is 1. The molecule has 1 rings (SSSR count). The molecule has 0 atom stereocenters. The van der Waals surface area contributed by atoms with Crippen LogP contribution in [-0.4, -0.2) is 19.0 Å². The lowest BCUT2D eigenvalue weighted by molar-refractivity contribution is 0.590. The fourth-order valence-corrected chi connectivity index (χ4v) is 1.79. The van der Waals surface area contributed by atoms with Crippen LogP contribution in [0, 0.1) is 0 Å². The summed E-state index contributed by atoms with van der Waals surface area (Å²) in [5, 5.41) is 3.14. The van der Waals surface area contributed by atoms with E-state index >= 15 is 0 Å². The van der Waals surface area contributed by atoms with E-state index in [1.165, 1.54) is 11.1 Å². The Bertz CT molecular complexity index is 405. The standard InChI is InChI=1S/C16H27N3.HI/c1-5-11-18-15(17)19-12-10-13-6-8-14(9-7-13)16(2,3)4;/h6-9H,5,10-12H2,1-4H3,(H3,17,18,19);1H. The third-order valence-electron chi connectivity index (χ3n) is 3.05. The van der Waals surface area contributed by atoms with Gasteiger partial charge in [-0.3, -0.25) is 4.99 Å². The molecular formula is C16H28IN3. The van der Waals surface area contributed by atoms with Gasteiger partial charge in [-0.1, -0.05) is 52.0 Å². The summed E-state index contributed by atoms with van der Waals surface area (Å²) in [6, 6.07) is 8.82. The first-order valence-corrected chi connectivity index (χ1v) is 7.06. The maximum absolute atomic E-state index is 5.74. The van der Waals surface area contributed by atoms with Gasteiger partial charge in [0.05, 0.1) is 0 Å². The molecule has 0 saturated carbocycles. The van der Waals surface area contributed by atoms with Crippen LogP contribution in [0.3, 0.4) is 0 Å². The lowest BCUT2D eigenvalue weighted by atomic mass is 9.86. The van der Waals surface area contributed by atoms with Crippen molar-refractivity contribution in [3.8, 4) is 0 Å². The van der Waals surface area contributed by atoms with Crippen LogP contribution in [0.5, 0.6) is 0 Å². The maximum atomic E-state index is 5.74. The Morgan fingerprint density at radius 3 is 2.30 bits per heavy atom. The summed E-state index contributed by atoms with van der Waals surface area (Å²) < 4.78 is 0. The molecule has 0 fully saturated rings. The first-order chi connectivity index (χ1) is 8.93. The number of rotatable bonds is 5. The number of hydrogen-bond donors (Lipinski definition) is 2. The Labute approximate surface area is 140 Å². The van der Waals surface area contributed by atoms with Crippen molar-refractivity contribution in [2.24, 2.45) is 10.7 Å². The Morgan fingerprint density at radius 1 is 1.20 bits per heavy atom. The van der Waals surface area contributed by atoms with Gasteiger partial charge in [0.15, 0.2) is 5.96 Å². The molecule has 0 spiro atoms. The van der Waals surface area contributed by atoms with E-state index in [0.717, 1.165) is 25.9 Å². The van der Waals surface area contributed by atoms with Crippen LogP contribution in [0.2, 0.25) is 0 Å². The first-order valence-electron chi connectivity index (χ1n) is 7.06. The molecule has 1 aromatic rings. The zero-order valence-electron chi connectivity index (χ0n) is 13.1. The second-order valence-electron chi connectivity index (χ2n) is 5.89. The average Bonchev–Trinajstić information content (AvgIpc) is 2.36. The van der Waals surface area contributed by atoms with Crippen molar-refractivity contribution in [2.45, 2.75) is 46.0 Å². The summed E-state index contributed by atoms with van der Waals surface area (Å²) in [5.41, 5.74) is 8.65. The van der Waals surface area contributed by atoms with Gasteiger partial charge in [-0.05, 0) is 29.4 Å². The van der Waals surface area contributed by atoms with Crippen molar-refractivity contribution < 1.29 is 0 Å². The predicted octanol–water partition coefficient (Wildman–Crippen LogP) is 3.46. The quantitative estimate of drug-likeness (QED) is 0.460. The number of benzene rings is 1. The largest absolute Gasteiger partial charge is 0.370 e. The highest BCUT2D eigenvalue weighted by atomic mass is 127. The van der Waals surface area contributed by atoms with Gasteiger partial charge < -0.3 is 11.1 Å². The van der Waals surface area contributed by atoms with E-state index in [4.69, 9.17) is 5.73 Å². The molecule has 0 unspecified atom stereocenters. The highest BCUT2D eigenvalue weighted by Gasteiger charge is 2.12.